The Hall–Kier alpha value is -1.39. The van der Waals surface area contributed by atoms with E-state index in [9.17, 15) is 4.79 Å². The van der Waals surface area contributed by atoms with Gasteiger partial charge in [-0.1, -0.05) is 18.2 Å². The Labute approximate surface area is 138 Å². The second kappa shape index (κ2) is 6.62. The molecule has 2 fully saturated rings. The van der Waals surface area contributed by atoms with Crippen LogP contribution >= 0.6 is 0 Å². The van der Waals surface area contributed by atoms with Crippen molar-refractivity contribution in [3.63, 3.8) is 0 Å². The fourth-order valence-electron chi connectivity index (χ4n) is 4.52. The van der Waals surface area contributed by atoms with Crippen LogP contribution in [0.5, 0.6) is 0 Å². The number of nitrogens with zero attached hydrogens (tertiary/aromatic N) is 2. The zero-order valence-corrected chi connectivity index (χ0v) is 13.8. The third-order valence-electron chi connectivity index (χ3n) is 5.86. The molecule has 3 aliphatic rings. The van der Waals surface area contributed by atoms with Gasteiger partial charge in [0.2, 0.25) is 5.91 Å². The quantitative estimate of drug-likeness (QED) is 0.911. The van der Waals surface area contributed by atoms with E-state index in [1.54, 1.807) is 0 Å². The maximum absolute atomic E-state index is 12.7. The predicted molar refractivity (Wildman–Crippen MR) is 92.6 cm³/mol. The van der Waals surface area contributed by atoms with Crippen molar-refractivity contribution in [2.75, 3.05) is 31.5 Å². The SMILES string of the molecule is O=C1Nc2ccccc2CC[C@H]1N1CCC(N2CCCC2)CC1. The van der Waals surface area contributed by atoms with Crippen LogP contribution in [0.4, 0.5) is 5.69 Å². The number of fused-ring (bicyclic) bond motifs is 1. The van der Waals surface area contributed by atoms with Crippen LogP contribution in [0.15, 0.2) is 24.3 Å². The first-order valence-corrected chi connectivity index (χ1v) is 9.18. The van der Waals surface area contributed by atoms with E-state index in [-0.39, 0.29) is 11.9 Å². The summed E-state index contributed by atoms with van der Waals surface area (Å²) in [5.41, 5.74) is 2.28. The molecule has 1 N–H and O–H groups in total. The molecule has 1 atom stereocenters. The number of rotatable bonds is 2. The highest BCUT2D eigenvalue weighted by atomic mass is 16.2. The van der Waals surface area contributed by atoms with Gasteiger partial charge in [0, 0.05) is 24.8 Å². The standard InChI is InChI=1S/C19H27N3O/c23-19-18(8-7-15-5-1-2-6-17(15)20-19)22-13-9-16(10-14-22)21-11-3-4-12-21/h1-2,5-6,16,18H,3-4,7-14H2,(H,20,23)/t18-/m1/s1. The Morgan fingerprint density at radius 3 is 2.43 bits per heavy atom. The number of aryl methyl sites for hydroxylation is 1. The number of nitrogens with one attached hydrogen (secondary N) is 1. The number of para-hydroxylation sites is 1. The molecule has 0 aromatic heterocycles. The van der Waals surface area contributed by atoms with Crippen molar-refractivity contribution in [2.24, 2.45) is 0 Å². The highest BCUT2D eigenvalue weighted by Gasteiger charge is 2.33. The second-order valence-corrected chi connectivity index (χ2v) is 7.21. The Kier molecular flexibility index (Phi) is 4.36. The topological polar surface area (TPSA) is 35.6 Å². The van der Waals surface area contributed by atoms with E-state index in [0.717, 1.165) is 37.7 Å². The molecule has 0 spiro atoms. The van der Waals surface area contributed by atoms with Crippen molar-refractivity contribution in [3.05, 3.63) is 29.8 Å². The van der Waals surface area contributed by atoms with E-state index in [1.807, 2.05) is 12.1 Å². The minimum absolute atomic E-state index is 0.0435. The number of carbonyl (C=O) groups excluding carboxylic acids is 1. The number of hydrogen-bond acceptors (Lipinski definition) is 3. The summed E-state index contributed by atoms with van der Waals surface area (Å²) in [7, 11) is 0. The average molecular weight is 313 g/mol. The van der Waals surface area contributed by atoms with E-state index in [0.29, 0.717) is 0 Å². The minimum atomic E-state index is 0.0435. The molecule has 0 unspecified atom stereocenters. The van der Waals surface area contributed by atoms with Gasteiger partial charge < -0.3 is 10.2 Å². The van der Waals surface area contributed by atoms with E-state index in [4.69, 9.17) is 0 Å². The fourth-order valence-corrected chi connectivity index (χ4v) is 4.52. The molecule has 0 radical (unpaired) electrons. The highest BCUT2D eigenvalue weighted by molar-refractivity contribution is 5.96. The van der Waals surface area contributed by atoms with Crippen molar-refractivity contribution in [3.8, 4) is 0 Å². The number of benzene rings is 1. The zero-order chi connectivity index (χ0) is 15.6. The number of amides is 1. The Morgan fingerprint density at radius 2 is 1.65 bits per heavy atom. The fraction of sp³-hybridized carbons (Fsp3) is 0.632. The molecule has 4 heteroatoms. The lowest BCUT2D eigenvalue weighted by Crippen LogP contribution is -2.51. The smallest absolute Gasteiger partial charge is 0.241 e. The highest BCUT2D eigenvalue weighted by Crippen LogP contribution is 2.27. The lowest BCUT2D eigenvalue weighted by atomic mass is 9.99. The largest absolute Gasteiger partial charge is 0.324 e. The van der Waals surface area contributed by atoms with Crippen LogP contribution in [-0.2, 0) is 11.2 Å². The van der Waals surface area contributed by atoms with E-state index in [2.05, 4.69) is 27.2 Å². The maximum Gasteiger partial charge on any atom is 0.241 e. The van der Waals surface area contributed by atoms with Crippen LogP contribution in [0.3, 0.4) is 0 Å². The van der Waals surface area contributed by atoms with E-state index < -0.39 is 0 Å². The summed E-state index contributed by atoms with van der Waals surface area (Å²) in [6.45, 7) is 4.69. The Balaban J connectivity index is 1.38. The summed E-state index contributed by atoms with van der Waals surface area (Å²) in [6.07, 6.45) is 7.10. The molecule has 0 saturated carbocycles. The summed E-state index contributed by atoms with van der Waals surface area (Å²) in [5, 5.41) is 3.15. The molecule has 23 heavy (non-hydrogen) atoms. The van der Waals surface area contributed by atoms with Gasteiger partial charge in [-0.05, 0) is 63.2 Å². The predicted octanol–water partition coefficient (Wildman–Crippen LogP) is 2.50. The van der Waals surface area contributed by atoms with Gasteiger partial charge in [0.25, 0.3) is 0 Å². The first-order valence-electron chi connectivity index (χ1n) is 9.18. The van der Waals surface area contributed by atoms with Gasteiger partial charge in [0.1, 0.15) is 0 Å². The van der Waals surface area contributed by atoms with Crippen molar-refractivity contribution >= 4 is 11.6 Å². The normalized spacial score (nSPS) is 27.5. The van der Waals surface area contributed by atoms with Crippen LogP contribution in [-0.4, -0.2) is 54.0 Å². The van der Waals surface area contributed by atoms with Gasteiger partial charge in [-0.2, -0.15) is 0 Å². The van der Waals surface area contributed by atoms with Gasteiger partial charge >= 0.3 is 0 Å². The molecule has 1 amide bonds. The molecular formula is C19H27N3O. The molecule has 124 valence electrons. The van der Waals surface area contributed by atoms with Crippen LogP contribution in [0.25, 0.3) is 0 Å². The van der Waals surface area contributed by atoms with Gasteiger partial charge in [0.05, 0.1) is 6.04 Å². The Bertz CT molecular complexity index is 559. The lowest BCUT2D eigenvalue weighted by molar-refractivity contribution is -0.122. The van der Waals surface area contributed by atoms with Gasteiger partial charge in [0.15, 0.2) is 0 Å². The van der Waals surface area contributed by atoms with E-state index >= 15 is 0 Å². The molecule has 0 aliphatic carbocycles. The maximum atomic E-state index is 12.7. The summed E-state index contributed by atoms with van der Waals surface area (Å²) in [6, 6.07) is 9.02. The number of carbonyl (C=O) groups is 1. The van der Waals surface area contributed by atoms with Gasteiger partial charge in [-0.3, -0.25) is 9.69 Å². The zero-order valence-electron chi connectivity index (χ0n) is 13.8. The Morgan fingerprint density at radius 1 is 0.913 bits per heavy atom. The molecule has 4 rings (SSSR count). The second-order valence-electron chi connectivity index (χ2n) is 7.21. The van der Waals surface area contributed by atoms with Crippen molar-refractivity contribution in [2.45, 2.75) is 50.6 Å². The summed E-state index contributed by atoms with van der Waals surface area (Å²) >= 11 is 0. The molecule has 0 bridgehead atoms. The molecule has 1 aromatic carbocycles. The third-order valence-corrected chi connectivity index (χ3v) is 5.86. The molecule has 3 heterocycles. The number of piperidine rings is 1. The molecule has 4 nitrogen and oxygen atoms in total. The van der Waals surface area contributed by atoms with Crippen LogP contribution in [0.1, 0.15) is 37.7 Å². The van der Waals surface area contributed by atoms with Crippen molar-refractivity contribution < 1.29 is 4.79 Å². The van der Waals surface area contributed by atoms with E-state index in [1.165, 1.54) is 44.3 Å². The first kappa shape index (κ1) is 15.2. The number of anilines is 1. The molecule has 2 saturated heterocycles. The summed E-state index contributed by atoms with van der Waals surface area (Å²) in [4.78, 5) is 17.7. The third kappa shape index (κ3) is 3.15. The summed E-state index contributed by atoms with van der Waals surface area (Å²) < 4.78 is 0. The first-order chi connectivity index (χ1) is 11.3. The number of hydrogen-bond donors (Lipinski definition) is 1. The van der Waals surface area contributed by atoms with Gasteiger partial charge in [-0.25, -0.2) is 0 Å². The van der Waals surface area contributed by atoms with Gasteiger partial charge in [-0.15, -0.1) is 0 Å². The molecule has 1 aromatic rings. The molecule has 3 aliphatic heterocycles. The van der Waals surface area contributed by atoms with Crippen LogP contribution in [0, 0.1) is 0 Å². The lowest BCUT2D eigenvalue weighted by Gasteiger charge is -2.39. The van der Waals surface area contributed by atoms with Crippen molar-refractivity contribution in [1.29, 1.82) is 0 Å². The molecular weight excluding hydrogens is 286 g/mol. The van der Waals surface area contributed by atoms with Crippen LogP contribution < -0.4 is 5.32 Å². The summed E-state index contributed by atoms with van der Waals surface area (Å²) in [5.74, 6) is 0.189. The average Bonchev–Trinajstić information content (AvgIpc) is 3.06. The van der Waals surface area contributed by atoms with Crippen LogP contribution in [0.2, 0.25) is 0 Å². The number of likely N-dealkylation sites (tertiary alicyclic amines) is 2. The minimum Gasteiger partial charge on any atom is -0.324 e. The monoisotopic (exact) mass is 313 g/mol. The van der Waals surface area contributed by atoms with Crippen molar-refractivity contribution in [1.82, 2.24) is 9.80 Å².